The molecule has 2 fully saturated rings. The van der Waals surface area contributed by atoms with E-state index in [0.717, 1.165) is 79.9 Å². The second-order valence-corrected chi connectivity index (χ2v) is 24.1. The standard InChI is InChI=1S/C12H14F4N2.C12H16F2N2.2C11H15F3N2.C10H16F3N3/c1-5(2)18-10-7-3-6(7)4-12(15,16)8(10)9(17-18)11(13)14;1-6(2)16-11-8(10(15-16)12(13)14)4-3-7-5-9(7)11;2*1-7(2)16-9-6-4-3-5-8(9)10(15-16)11(12,13)14;1-7(2)16-6-8(5-15(3)4)9(14-16)10(11,12)13/h5-7,11H,3-4H2,1-2H3;6-7,9,12H,3-5H2,1-2H3;2*7H,3-6H2,1-2H3;6-7H,5H2,1-4H3. The molecule has 2 saturated carbocycles. The van der Waals surface area contributed by atoms with Gasteiger partial charge in [-0.3, -0.25) is 23.4 Å². The lowest BCUT2D eigenvalue weighted by Gasteiger charge is -2.23. The van der Waals surface area contributed by atoms with Crippen LogP contribution in [-0.4, -0.2) is 67.9 Å². The van der Waals surface area contributed by atoms with Gasteiger partial charge in [0.15, 0.2) is 17.1 Å². The van der Waals surface area contributed by atoms with Gasteiger partial charge in [-0.1, -0.05) is 0 Å². The second kappa shape index (κ2) is 24.5. The van der Waals surface area contributed by atoms with Gasteiger partial charge in [-0.05, 0) is 172 Å². The first-order valence-electron chi connectivity index (χ1n) is 28.3. The zero-order valence-electron chi connectivity index (χ0n) is 48.4. The van der Waals surface area contributed by atoms with Crippen molar-refractivity contribution in [1.29, 1.82) is 0 Å². The van der Waals surface area contributed by atoms with Gasteiger partial charge < -0.3 is 4.90 Å². The van der Waals surface area contributed by atoms with E-state index in [9.17, 15) is 65.9 Å². The first-order valence-corrected chi connectivity index (χ1v) is 28.3. The predicted octanol–water partition coefficient (Wildman–Crippen LogP) is 16.7. The van der Waals surface area contributed by atoms with Crippen LogP contribution in [0.25, 0.3) is 0 Å². The topological polar surface area (TPSA) is 92.3 Å². The van der Waals surface area contributed by atoms with Gasteiger partial charge in [0.2, 0.25) is 0 Å². The number of halogens is 15. The van der Waals surface area contributed by atoms with Gasteiger partial charge in [-0.25, -0.2) is 26.3 Å². The van der Waals surface area contributed by atoms with E-state index in [2.05, 4.69) is 25.5 Å². The summed E-state index contributed by atoms with van der Waals surface area (Å²) in [5.74, 6) is -1.96. The number of hydrogen-bond donors (Lipinski definition) is 0. The van der Waals surface area contributed by atoms with Gasteiger partial charge in [0.05, 0.1) is 11.3 Å². The van der Waals surface area contributed by atoms with Crippen LogP contribution in [-0.2, 0) is 63.1 Å². The third-order valence-corrected chi connectivity index (χ3v) is 15.7. The number of hydrogen-bond acceptors (Lipinski definition) is 6. The SMILES string of the molecule is CC(C)n1cc(CN(C)C)c(C(F)(F)F)n1.CC(C)n1nc(C(F)(F)F)c2c1CCCC2.CC(C)n1nc(C(F)(F)F)c2c1CCCC2.CC(C)n1nc(C(F)F)c2c1C1CC1CC2.CC(C)n1nc(C(F)F)c2c1C1CC1CC2(F)F. The molecule has 0 aliphatic heterocycles. The normalized spacial score (nSPS) is 20.5. The third kappa shape index (κ3) is 14.0. The van der Waals surface area contributed by atoms with Gasteiger partial charge in [-0.2, -0.15) is 65.0 Å². The minimum absolute atomic E-state index is 0.00187. The Morgan fingerprint density at radius 3 is 1.37 bits per heavy atom. The molecule has 82 heavy (non-hydrogen) atoms. The van der Waals surface area contributed by atoms with E-state index >= 15 is 0 Å². The maximum Gasteiger partial charge on any atom is 0.435 e. The van der Waals surface area contributed by atoms with Crippen molar-refractivity contribution < 1.29 is 65.9 Å². The molecule has 4 unspecified atom stereocenters. The summed E-state index contributed by atoms with van der Waals surface area (Å²) < 4.78 is 202. The zero-order valence-corrected chi connectivity index (χ0v) is 48.4. The van der Waals surface area contributed by atoms with Crippen LogP contribution >= 0.6 is 0 Å². The largest absolute Gasteiger partial charge is 0.435 e. The average Bonchev–Trinajstić information content (AvgIpc) is 1.76. The Morgan fingerprint density at radius 2 is 0.939 bits per heavy atom. The number of aromatic nitrogens is 10. The smallest absolute Gasteiger partial charge is 0.305 e. The van der Waals surface area contributed by atoms with E-state index in [4.69, 9.17) is 0 Å². The number of fused-ring (bicyclic) bond motifs is 8. The minimum Gasteiger partial charge on any atom is -0.305 e. The fourth-order valence-electron chi connectivity index (χ4n) is 11.9. The monoisotopic (exact) mass is 1190 g/mol. The summed E-state index contributed by atoms with van der Waals surface area (Å²) in [5.41, 5.74) is 1.63. The van der Waals surface area contributed by atoms with E-state index in [1.807, 2.05) is 46.2 Å². The van der Waals surface area contributed by atoms with Crippen molar-refractivity contribution in [1.82, 2.24) is 53.8 Å². The van der Waals surface area contributed by atoms with Crippen molar-refractivity contribution >= 4 is 0 Å². The molecule has 0 saturated heterocycles. The maximum atomic E-state index is 14.0. The molecule has 5 heterocycles. The van der Waals surface area contributed by atoms with Crippen LogP contribution < -0.4 is 0 Å². The summed E-state index contributed by atoms with van der Waals surface area (Å²) in [6.45, 7) is 18.8. The minimum atomic E-state index is -4.38. The van der Waals surface area contributed by atoms with Crippen LogP contribution in [0.1, 0.15) is 255 Å². The van der Waals surface area contributed by atoms with E-state index in [0.29, 0.717) is 42.0 Å². The summed E-state index contributed by atoms with van der Waals surface area (Å²) in [5, 5.41) is 19.0. The van der Waals surface area contributed by atoms with Crippen LogP contribution in [0.15, 0.2) is 6.20 Å². The highest BCUT2D eigenvalue weighted by atomic mass is 19.4. The van der Waals surface area contributed by atoms with E-state index in [1.165, 1.54) is 31.3 Å². The molecule has 0 bridgehead atoms. The summed E-state index contributed by atoms with van der Waals surface area (Å²) in [6.07, 6.45) is -7.48. The van der Waals surface area contributed by atoms with Crippen molar-refractivity contribution in [2.75, 3.05) is 14.1 Å². The first kappa shape index (κ1) is 64.5. The molecular weight excluding hydrogens is 1110 g/mol. The van der Waals surface area contributed by atoms with Gasteiger partial charge in [-0.15, -0.1) is 0 Å². The number of alkyl halides is 15. The number of rotatable bonds is 9. The van der Waals surface area contributed by atoms with Crippen molar-refractivity contribution in [3.8, 4) is 0 Å². The quantitative estimate of drug-likeness (QED) is 0.137. The lowest BCUT2D eigenvalue weighted by atomic mass is 9.92. The van der Waals surface area contributed by atoms with Crippen LogP contribution in [0.3, 0.4) is 0 Å². The van der Waals surface area contributed by atoms with Crippen molar-refractivity contribution in [3.05, 3.63) is 85.3 Å². The summed E-state index contributed by atoms with van der Waals surface area (Å²) >= 11 is 0. The Morgan fingerprint density at radius 1 is 0.512 bits per heavy atom. The Kier molecular flexibility index (Phi) is 19.3. The molecule has 0 spiro atoms. The Bertz CT molecular complexity index is 2880. The highest BCUT2D eigenvalue weighted by Gasteiger charge is 2.58. The molecule has 0 N–H and O–H groups in total. The lowest BCUT2D eigenvalue weighted by Crippen LogP contribution is -2.23. The van der Waals surface area contributed by atoms with E-state index in [-0.39, 0.29) is 66.3 Å². The predicted molar refractivity (Wildman–Crippen MR) is 277 cm³/mol. The molecule has 5 aromatic rings. The maximum absolute atomic E-state index is 14.0. The fraction of sp³-hybridized carbons (Fsp3) is 0.732. The van der Waals surface area contributed by atoms with Gasteiger partial charge in [0.1, 0.15) is 11.4 Å². The highest BCUT2D eigenvalue weighted by Crippen LogP contribution is 2.62. The molecule has 0 amide bonds. The van der Waals surface area contributed by atoms with Gasteiger partial charge in [0.25, 0.3) is 18.8 Å². The molecule has 5 aromatic heterocycles. The fourth-order valence-corrected chi connectivity index (χ4v) is 11.9. The van der Waals surface area contributed by atoms with Crippen LogP contribution in [0.4, 0.5) is 65.9 Å². The van der Waals surface area contributed by atoms with Crippen LogP contribution in [0.2, 0.25) is 0 Å². The third-order valence-electron chi connectivity index (χ3n) is 15.7. The summed E-state index contributed by atoms with van der Waals surface area (Å²) in [4.78, 5) is 1.69. The van der Waals surface area contributed by atoms with E-state index in [1.54, 1.807) is 46.7 Å². The van der Waals surface area contributed by atoms with Crippen LogP contribution in [0.5, 0.6) is 0 Å². The average molecular weight is 1190 g/mol. The molecule has 11 nitrogen and oxygen atoms in total. The molecule has 0 radical (unpaired) electrons. The zero-order chi connectivity index (χ0) is 61.0. The molecule has 460 valence electrons. The Hall–Kier alpha value is -5.04. The Labute approximate surface area is 468 Å². The highest BCUT2D eigenvalue weighted by molar-refractivity contribution is 5.42. The first-order chi connectivity index (χ1) is 38.0. The van der Waals surface area contributed by atoms with E-state index < -0.39 is 65.6 Å². The molecule has 0 aromatic carbocycles. The summed E-state index contributed by atoms with van der Waals surface area (Å²) in [6, 6.07) is -0.0927. The summed E-state index contributed by atoms with van der Waals surface area (Å²) in [7, 11) is 3.46. The molecule has 26 heteroatoms. The van der Waals surface area contributed by atoms with Crippen molar-refractivity contribution in [2.24, 2.45) is 11.8 Å². The Balaban J connectivity index is 0.000000148. The van der Waals surface area contributed by atoms with Crippen LogP contribution in [0, 0.1) is 11.8 Å². The molecular formula is C56H76F15N11. The van der Waals surface area contributed by atoms with Gasteiger partial charge >= 0.3 is 18.5 Å². The molecule has 6 aliphatic carbocycles. The lowest BCUT2D eigenvalue weighted by molar-refractivity contribution is -0.143. The second-order valence-electron chi connectivity index (χ2n) is 24.1. The van der Waals surface area contributed by atoms with Gasteiger partial charge in [0, 0.05) is 101 Å². The molecule has 6 aliphatic rings. The van der Waals surface area contributed by atoms with Crippen molar-refractivity contribution in [3.63, 3.8) is 0 Å². The molecule has 11 rings (SSSR count). The number of nitrogens with zero attached hydrogens (tertiary/aromatic N) is 11. The molecule has 4 atom stereocenters. The van der Waals surface area contributed by atoms with Crippen molar-refractivity contribution in [2.45, 2.75) is 239 Å².